The number of ether oxygens (including phenoxy) is 1. The lowest BCUT2D eigenvalue weighted by Crippen LogP contribution is -2.20. The normalized spacial score (nSPS) is 12.8. The van der Waals surface area contributed by atoms with Crippen LogP contribution in [0.5, 0.6) is 5.75 Å². The minimum atomic E-state index is 0.584. The average Bonchev–Trinajstić information content (AvgIpc) is 2.84. The van der Waals surface area contributed by atoms with Crippen LogP contribution >= 0.6 is 11.8 Å². The van der Waals surface area contributed by atoms with Gasteiger partial charge in [-0.2, -0.15) is 0 Å². The number of H-pyrrole nitrogens is 1. The molecule has 1 aromatic carbocycles. The van der Waals surface area contributed by atoms with Gasteiger partial charge in [-0.05, 0) is 38.9 Å². The van der Waals surface area contributed by atoms with Gasteiger partial charge in [0.25, 0.3) is 0 Å². The summed E-state index contributed by atoms with van der Waals surface area (Å²) in [4.78, 5) is 7.89. The Morgan fingerprint density at radius 3 is 3.05 bits per heavy atom. The van der Waals surface area contributed by atoms with Crippen LogP contribution in [0.4, 0.5) is 0 Å². The Labute approximate surface area is 118 Å². The molecule has 4 nitrogen and oxygen atoms in total. The molecule has 0 saturated heterocycles. The number of nitrogens with zero attached hydrogens (tertiary/aromatic N) is 1. The monoisotopic (exact) mass is 279 g/mol. The van der Waals surface area contributed by atoms with Crippen molar-refractivity contribution in [3.8, 4) is 5.75 Å². The van der Waals surface area contributed by atoms with Crippen molar-refractivity contribution >= 4 is 22.8 Å². The predicted molar refractivity (Wildman–Crippen MR) is 81.1 cm³/mol. The second-order valence-corrected chi connectivity index (χ2v) is 5.69. The summed E-state index contributed by atoms with van der Waals surface area (Å²) in [6, 6.07) is 6.49. The van der Waals surface area contributed by atoms with E-state index >= 15 is 0 Å². The van der Waals surface area contributed by atoms with E-state index in [1.807, 2.05) is 25.2 Å². The smallest absolute Gasteiger partial charge is 0.166 e. The highest BCUT2D eigenvalue weighted by atomic mass is 32.2. The summed E-state index contributed by atoms with van der Waals surface area (Å²) >= 11 is 1.78. The van der Waals surface area contributed by atoms with Crippen LogP contribution in [-0.2, 0) is 0 Å². The average molecular weight is 279 g/mol. The standard InChI is InChI=1S/C14H21N3OS/c1-10(15-2)5-4-8-19-14-16-12-7-6-11(18-3)9-13(12)17-14/h6-7,9-10,15H,4-5,8H2,1-3H3,(H,16,17). The maximum Gasteiger partial charge on any atom is 0.166 e. The van der Waals surface area contributed by atoms with Gasteiger partial charge in [-0.25, -0.2) is 4.98 Å². The maximum atomic E-state index is 5.21. The van der Waals surface area contributed by atoms with Gasteiger partial charge in [-0.1, -0.05) is 11.8 Å². The lowest BCUT2D eigenvalue weighted by atomic mass is 10.2. The van der Waals surface area contributed by atoms with Crippen molar-refractivity contribution < 1.29 is 4.74 Å². The minimum Gasteiger partial charge on any atom is -0.497 e. The molecule has 0 radical (unpaired) electrons. The Bertz CT molecular complexity index is 526. The van der Waals surface area contributed by atoms with Crippen LogP contribution < -0.4 is 10.1 Å². The van der Waals surface area contributed by atoms with E-state index in [0.29, 0.717) is 6.04 Å². The highest BCUT2D eigenvalue weighted by Crippen LogP contribution is 2.23. The van der Waals surface area contributed by atoms with Gasteiger partial charge in [-0.3, -0.25) is 0 Å². The molecular weight excluding hydrogens is 258 g/mol. The number of rotatable bonds is 7. The largest absolute Gasteiger partial charge is 0.497 e. The van der Waals surface area contributed by atoms with Gasteiger partial charge < -0.3 is 15.0 Å². The Morgan fingerprint density at radius 2 is 2.32 bits per heavy atom. The summed E-state index contributed by atoms with van der Waals surface area (Å²) in [5, 5.41) is 4.24. The van der Waals surface area contributed by atoms with E-state index in [9.17, 15) is 0 Å². The Kier molecular flexibility index (Phi) is 5.10. The van der Waals surface area contributed by atoms with Gasteiger partial charge >= 0.3 is 0 Å². The minimum absolute atomic E-state index is 0.584. The van der Waals surface area contributed by atoms with E-state index in [0.717, 1.165) is 27.7 Å². The maximum absolute atomic E-state index is 5.21. The van der Waals surface area contributed by atoms with Crippen molar-refractivity contribution in [2.75, 3.05) is 19.9 Å². The molecule has 0 aliphatic carbocycles. The third kappa shape index (κ3) is 3.88. The molecular formula is C14H21N3OS. The van der Waals surface area contributed by atoms with Gasteiger partial charge in [0.15, 0.2) is 5.16 Å². The molecule has 0 bridgehead atoms. The summed E-state index contributed by atoms with van der Waals surface area (Å²) in [7, 11) is 3.68. The van der Waals surface area contributed by atoms with E-state index in [2.05, 4.69) is 22.2 Å². The number of fused-ring (bicyclic) bond motifs is 1. The van der Waals surface area contributed by atoms with E-state index in [1.165, 1.54) is 12.8 Å². The van der Waals surface area contributed by atoms with Crippen molar-refractivity contribution in [2.24, 2.45) is 0 Å². The van der Waals surface area contributed by atoms with Crippen LogP contribution in [0.25, 0.3) is 11.0 Å². The zero-order valence-electron chi connectivity index (χ0n) is 11.7. The lowest BCUT2D eigenvalue weighted by Gasteiger charge is -2.08. The zero-order valence-corrected chi connectivity index (χ0v) is 12.5. The molecule has 0 fully saturated rings. The SMILES string of the molecule is CNC(C)CCCSc1nc2ccc(OC)cc2[nH]1. The number of benzene rings is 1. The van der Waals surface area contributed by atoms with Gasteiger partial charge in [0.2, 0.25) is 0 Å². The van der Waals surface area contributed by atoms with E-state index in [4.69, 9.17) is 4.74 Å². The quantitative estimate of drug-likeness (QED) is 0.604. The number of hydrogen-bond donors (Lipinski definition) is 2. The van der Waals surface area contributed by atoms with Crippen LogP contribution in [0, 0.1) is 0 Å². The number of thioether (sulfide) groups is 1. The fraction of sp³-hybridized carbons (Fsp3) is 0.500. The molecule has 1 aromatic heterocycles. The number of aromatic nitrogens is 2. The fourth-order valence-electron chi connectivity index (χ4n) is 1.86. The lowest BCUT2D eigenvalue weighted by molar-refractivity contribution is 0.415. The third-order valence-electron chi connectivity index (χ3n) is 3.18. The fourth-order valence-corrected chi connectivity index (χ4v) is 2.71. The molecule has 0 aliphatic rings. The van der Waals surface area contributed by atoms with Gasteiger partial charge in [0.05, 0.1) is 18.1 Å². The van der Waals surface area contributed by atoms with Gasteiger partial charge in [0, 0.05) is 17.9 Å². The van der Waals surface area contributed by atoms with Gasteiger partial charge in [0.1, 0.15) is 5.75 Å². The highest BCUT2D eigenvalue weighted by Gasteiger charge is 2.05. The Morgan fingerprint density at radius 1 is 1.47 bits per heavy atom. The number of hydrogen-bond acceptors (Lipinski definition) is 4. The molecule has 1 heterocycles. The highest BCUT2D eigenvalue weighted by molar-refractivity contribution is 7.99. The number of aromatic amines is 1. The molecule has 5 heteroatoms. The Balaban J connectivity index is 1.90. The van der Waals surface area contributed by atoms with E-state index in [1.54, 1.807) is 18.9 Å². The number of imidazole rings is 1. The molecule has 19 heavy (non-hydrogen) atoms. The molecule has 2 rings (SSSR count). The summed E-state index contributed by atoms with van der Waals surface area (Å²) in [6.07, 6.45) is 2.38. The predicted octanol–water partition coefficient (Wildman–Crippen LogP) is 3.05. The van der Waals surface area contributed by atoms with Crippen LogP contribution in [0.15, 0.2) is 23.4 Å². The van der Waals surface area contributed by atoms with Gasteiger partial charge in [-0.15, -0.1) is 0 Å². The molecule has 0 aliphatic heterocycles. The first kappa shape index (κ1) is 14.2. The molecule has 0 amide bonds. The zero-order chi connectivity index (χ0) is 13.7. The first-order chi connectivity index (χ1) is 9.22. The topological polar surface area (TPSA) is 49.9 Å². The molecule has 1 atom stereocenters. The number of methoxy groups -OCH3 is 1. The Hall–Kier alpha value is -1.20. The first-order valence-electron chi connectivity index (χ1n) is 6.56. The number of nitrogens with one attached hydrogen (secondary N) is 2. The molecule has 2 aromatic rings. The van der Waals surface area contributed by atoms with E-state index in [-0.39, 0.29) is 0 Å². The van der Waals surface area contributed by atoms with Crippen molar-refractivity contribution in [3.63, 3.8) is 0 Å². The van der Waals surface area contributed by atoms with Crippen molar-refractivity contribution in [1.82, 2.24) is 15.3 Å². The summed E-state index contributed by atoms with van der Waals surface area (Å²) < 4.78 is 5.21. The molecule has 104 valence electrons. The van der Waals surface area contributed by atoms with Crippen molar-refractivity contribution in [1.29, 1.82) is 0 Å². The second kappa shape index (κ2) is 6.82. The third-order valence-corrected chi connectivity index (χ3v) is 4.14. The molecule has 0 spiro atoms. The summed E-state index contributed by atoms with van der Waals surface area (Å²) in [6.45, 7) is 2.21. The molecule has 2 N–H and O–H groups in total. The van der Waals surface area contributed by atoms with Crippen molar-refractivity contribution in [2.45, 2.75) is 31.0 Å². The van der Waals surface area contributed by atoms with Crippen LogP contribution in [-0.4, -0.2) is 35.9 Å². The van der Waals surface area contributed by atoms with Crippen LogP contribution in [0.3, 0.4) is 0 Å². The van der Waals surface area contributed by atoms with E-state index < -0.39 is 0 Å². The van der Waals surface area contributed by atoms with Crippen molar-refractivity contribution in [3.05, 3.63) is 18.2 Å². The summed E-state index contributed by atoms with van der Waals surface area (Å²) in [5.74, 6) is 1.94. The molecule has 0 saturated carbocycles. The molecule has 1 unspecified atom stereocenters. The summed E-state index contributed by atoms with van der Waals surface area (Å²) in [5.41, 5.74) is 2.03. The first-order valence-corrected chi connectivity index (χ1v) is 7.55. The van der Waals surface area contributed by atoms with Crippen LogP contribution in [0.1, 0.15) is 19.8 Å². The van der Waals surface area contributed by atoms with Crippen LogP contribution in [0.2, 0.25) is 0 Å². The second-order valence-electron chi connectivity index (χ2n) is 4.61.